The highest BCUT2D eigenvalue weighted by molar-refractivity contribution is 5.35. The second-order valence-electron chi connectivity index (χ2n) is 4.26. The molecule has 0 bridgehead atoms. The third-order valence-corrected chi connectivity index (χ3v) is 2.59. The Balaban J connectivity index is 2.23. The molecule has 0 spiro atoms. The van der Waals surface area contributed by atoms with Crippen molar-refractivity contribution in [2.24, 2.45) is 0 Å². The van der Waals surface area contributed by atoms with E-state index in [1.54, 1.807) is 18.2 Å². The molecule has 2 aromatic carbocycles. The lowest BCUT2D eigenvalue weighted by atomic mass is 10.0. The maximum absolute atomic E-state index is 13.8. The SMILES string of the molecule is CC(C)c1ccc(Oc2ccccc2)c(F)c1. The Morgan fingerprint density at radius 2 is 1.71 bits per heavy atom. The molecule has 0 saturated heterocycles. The fraction of sp³-hybridized carbons (Fsp3) is 0.200. The first kappa shape index (κ1) is 11.6. The van der Waals surface area contributed by atoms with E-state index in [0.717, 1.165) is 5.56 Å². The van der Waals surface area contributed by atoms with E-state index in [1.807, 2.05) is 38.1 Å². The van der Waals surface area contributed by atoms with Crippen molar-refractivity contribution in [3.05, 3.63) is 59.9 Å². The van der Waals surface area contributed by atoms with Crippen LogP contribution < -0.4 is 4.74 Å². The molecule has 0 aliphatic carbocycles. The first-order valence-corrected chi connectivity index (χ1v) is 5.69. The summed E-state index contributed by atoms with van der Waals surface area (Å²) in [5.41, 5.74) is 0.975. The number of para-hydroxylation sites is 1. The molecular weight excluding hydrogens is 215 g/mol. The minimum atomic E-state index is -0.319. The van der Waals surface area contributed by atoms with Gasteiger partial charge in [0.1, 0.15) is 5.75 Å². The molecule has 2 heteroatoms. The molecule has 0 aromatic heterocycles. The Kier molecular flexibility index (Phi) is 3.43. The first-order valence-electron chi connectivity index (χ1n) is 5.69. The summed E-state index contributed by atoms with van der Waals surface area (Å²) in [7, 11) is 0. The molecule has 0 atom stereocenters. The molecule has 2 aromatic rings. The normalized spacial score (nSPS) is 10.6. The van der Waals surface area contributed by atoms with E-state index in [9.17, 15) is 4.39 Å². The molecule has 0 heterocycles. The lowest BCUT2D eigenvalue weighted by Crippen LogP contribution is -1.92. The smallest absolute Gasteiger partial charge is 0.166 e. The van der Waals surface area contributed by atoms with Gasteiger partial charge >= 0.3 is 0 Å². The molecule has 0 fully saturated rings. The topological polar surface area (TPSA) is 9.23 Å². The molecule has 1 nitrogen and oxygen atoms in total. The van der Waals surface area contributed by atoms with Crippen molar-refractivity contribution in [2.75, 3.05) is 0 Å². The molecule has 0 amide bonds. The van der Waals surface area contributed by atoms with Crippen molar-refractivity contribution < 1.29 is 9.13 Å². The summed E-state index contributed by atoms with van der Waals surface area (Å²) in [6.07, 6.45) is 0. The van der Waals surface area contributed by atoms with Crippen molar-refractivity contribution >= 4 is 0 Å². The number of ether oxygens (including phenoxy) is 1. The van der Waals surface area contributed by atoms with Crippen molar-refractivity contribution in [1.82, 2.24) is 0 Å². The van der Waals surface area contributed by atoms with E-state index in [1.165, 1.54) is 6.07 Å². The van der Waals surface area contributed by atoms with Gasteiger partial charge < -0.3 is 4.74 Å². The van der Waals surface area contributed by atoms with E-state index < -0.39 is 0 Å². The lowest BCUT2D eigenvalue weighted by molar-refractivity contribution is 0.441. The number of halogens is 1. The van der Waals surface area contributed by atoms with Gasteiger partial charge in [0.2, 0.25) is 0 Å². The highest BCUT2D eigenvalue weighted by Gasteiger charge is 2.07. The highest BCUT2D eigenvalue weighted by atomic mass is 19.1. The van der Waals surface area contributed by atoms with Crippen molar-refractivity contribution in [3.8, 4) is 11.5 Å². The molecule has 0 unspecified atom stereocenters. The van der Waals surface area contributed by atoms with Gasteiger partial charge in [-0.3, -0.25) is 0 Å². The van der Waals surface area contributed by atoms with E-state index in [2.05, 4.69) is 0 Å². The summed E-state index contributed by atoms with van der Waals surface area (Å²) >= 11 is 0. The zero-order chi connectivity index (χ0) is 12.3. The van der Waals surface area contributed by atoms with Crippen LogP contribution in [-0.2, 0) is 0 Å². The zero-order valence-corrected chi connectivity index (χ0v) is 9.98. The van der Waals surface area contributed by atoms with Crippen molar-refractivity contribution in [1.29, 1.82) is 0 Å². The molecule has 0 aliphatic rings. The lowest BCUT2D eigenvalue weighted by Gasteiger charge is -2.09. The van der Waals surface area contributed by atoms with E-state index in [0.29, 0.717) is 11.7 Å². The summed E-state index contributed by atoms with van der Waals surface area (Å²) in [6, 6.07) is 14.3. The standard InChI is InChI=1S/C15H15FO/c1-11(2)12-8-9-15(14(16)10-12)17-13-6-4-3-5-7-13/h3-11H,1-2H3. The summed E-state index contributed by atoms with van der Waals surface area (Å²) in [5, 5.41) is 0. The number of hydrogen-bond acceptors (Lipinski definition) is 1. The summed E-state index contributed by atoms with van der Waals surface area (Å²) in [4.78, 5) is 0. The quantitative estimate of drug-likeness (QED) is 0.739. The molecule has 0 radical (unpaired) electrons. The van der Waals surface area contributed by atoms with Gasteiger partial charge in [-0.15, -0.1) is 0 Å². The largest absolute Gasteiger partial charge is 0.454 e. The van der Waals surface area contributed by atoms with Crippen LogP contribution in [0.3, 0.4) is 0 Å². The van der Waals surface area contributed by atoms with Gasteiger partial charge in [-0.25, -0.2) is 4.39 Å². The Morgan fingerprint density at radius 3 is 2.29 bits per heavy atom. The maximum atomic E-state index is 13.8. The Hall–Kier alpha value is -1.83. The maximum Gasteiger partial charge on any atom is 0.166 e. The average molecular weight is 230 g/mol. The second kappa shape index (κ2) is 5.00. The van der Waals surface area contributed by atoms with E-state index >= 15 is 0 Å². The Bertz CT molecular complexity index is 492. The molecule has 0 aliphatic heterocycles. The minimum absolute atomic E-state index is 0.264. The van der Waals surface area contributed by atoms with E-state index in [-0.39, 0.29) is 11.6 Å². The predicted octanol–water partition coefficient (Wildman–Crippen LogP) is 4.74. The van der Waals surface area contributed by atoms with Crippen LogP contribution in [0.15, 0.2) is 48.5 Å². The van der Waals surface area contributed by atoms with Gasteiger partial charge in [0.25, 0.3) is 0 Å². The van der Waals surface area contributed by atoms with Crippen LogP contribution in [0.4, 0.5) is 4.39 Å². The minimum Gasteiger partial charge on any atom is -0.454 e. The average Bonchev–Trinajstić information content (AvgIpc) is 2.33. The van der Waals surface area contributed by atoms with Crippen LogP contribution in [0.2, 0.25) is 0 Å². The summed E-state index contributed by atoms with van der Waals surface area (Å²) in [6.45, 7) is 4.07. The fourth-order valence-electron chi connectivity index (χ4n) is 1.57. The monoisotopic (exact) mass is 230 g/mol. The first-order chi connectivity index (χ1) is 8.16. The Morgan fingerprint density at radius 1 is 1.00 bits per heavy atom. The van der Waals surface area contributed by atoms with Crippen LogP contribution in [0.1, 0.15) is 25.3 Å². The van der Waals surface area contributed by atoms with Crippen molar-refractivity contribution in [3.63, 3.8) is 0 Å². The van der Waals surface area contributed by atoms with Gasteiger partial charge in [-0.2, -0.15) is 0 Å². The van der Waals surface area contributed by atoms with Crippen LogP contribution >= 0.6 is 0 Å². The summed E-state index contributed by atoms with van der Waals surface area (Å²) < 4.78 is 19.2. The number of hydrogen-bond donors (Lipinski definition) is 0. The molecule has 0 saturated carbocycles. The van der Waals surface area contributed by atoms with Gasteiger partial charge in [0, 0.05) is 0 Å². The van der Waals surface area contributed by atoms with Crippen LogP contribution in [0, 0.1) is 5.82 Å². The van der Waals surface area contributed by atoms with Crippen LogP contribution in [0.5, 0.6) is 11.5 Å². The molecule has 88 valence electrons. The fourth-order valence-corrected chi connectivity index (χ4v) is 1.57. The molecule has 2 rings (SSSR count). The highest BCUT2D eigenvalue weighted by Crippen LogP contribution is 2.27. The van der Waals surface area contributed by atoms with Crippen LogP contribution in [0.25, 0.3) is 0 Å². The van der Waals surface area contributed by atoms with Gasteiger partial charge in [-0.05, 0) is 35.7 Å². The van der Waals surface area contributed by atoms with Crippen LogP contribution in [-0.4, -0.2) is 0 Å². The van der Waals surface area contributed by atoms with Gasteiger partial charge in [-0.1, -0.05) is 38.1 Å². The molecule has 0 N–H and O–H groups in total. The number of benzene rings is 2. The third kappa shape index (κ3) is 2.84. The predicted molar refractivity (Wildman–Crippen MR) is 67.0 cm³/mol. The zero-order valence-electron chi connectivity index (χ0n) is 9.98. The second-order valence-corrected chi connectivity index (χ2v) is 4.26. The van der Waals surface area contributed by atoms with Gasteiger partial charge in [0.05, 0.1) is 0 Å². The van der Waals surface area contributed by atoms with Crippen molar-refractivity contribution in [2.45, 2.75) is 19.8 Å². The Labute approximate surface area is 101 Å². The number of rotatable bonds is 3. The molecular formula is C15H15FO. The summed E-state index contributed by atoms with van der Waals surface area (Å²) in [5.74, 6) is 0.902. The van der Waals surface area contributed by atoms with E-state index in [4.69, 9.17) is 4.74 Å². The third-order valence-electron chi connectivity index (χ3n) is 2.59. The van der Waals surface area contributed by atoms with Gasteiger partial charge in [0.15, 0.2) is 11.6 Å². The molecule has 17 heavy (non-hydrogen) atoms.